The van der Waals surface area contributed by atoms with Gasteiger partial charge in [0, 0.05) is 17.7 Å². The maximum absolute atomic E-state index is 12.3. The van der Waals surface area contributed by atoms with Crippen molar-refractivity contribution >= 4 is 22.8 Å². The molecule has 168 valence electrons. The molecular weight excluding hydrogens is 416 g/mol. The van der Waals surface area contributed by atoms with Crippen LogP contribution in [-0.4, -0.2) is 29.4 Å². The topological polar surface area (TPSA) is 73.8 Å². The second-order valence-corrected chi connectivity index (χ2v) is 7.77. The average Bonchev–Trinajstić information content (AvgIpc) is 3.18. The Labute approximate surface area is 192 Å². The lowest BCUT2D eigenvalue weighted by atomic mass is 10.0. The number of nitrogens with zero attached hydrogens (tertiary/aromatic N) is 2. The van der Waals surface area contributed by atoms with Crippen molar-refractivity contribution in [2.75, 3.05) is 7.11 Å². The Morgan fingerprint density at radius 2 is 1.55 bits per heavy atom. The van der Waals surface area contributed by atoms with Crippen LogP contribution in [0.4, 0.5) is 0 Å². The summed E-state index contributed by atoms with van der Waals surface area (Å²) in [6, 6.07) is 26.9. The molecule has 1 aromatic heterocycles. The van der Waals surface area contributed by atoms with E-state index in [0.29, 0.717) is 25.0 Å². The summed E-state index contributed by atoms with van der Waals surface area (Å²) in [6.07, 6.45) is 1.44. The third-order valence-corrected chi connectivity index (χ3v) is 5.53. The van der Waals surface area contributed by atoms with Crippen LogP contribution in [0.25, 0.3) is 11.1 Å². The second kappa shape index (κ2) is 10.6. The van der Waals surface area contributed by atoms with Crippen LogP contribution >= 0.6 is 0 Å². The van der Waals surface area contributed by atoms with Crippen LogP contribution in [0.15, 0.2) is 99.1 Å². The van der Waals surface area contributed by atoms with E-state index in [-0.39, 0.29) is 24.2 Å². The minimum atomic E-state index is -0.376. The fourth-order valence-corrected chi connectivity index (χ4v) is 3.89. The molecule has 0 bridgehead atoms. The highest BCUT2D eigenvalue weighted by molar-refractivity contribution is 6.13. The van der Waals surface area contributed by atoms with Crippen LogP contribution in [0.2, 0.25) is 0 Å². The zero-order chi connectivity index (χ0) is 23.0. The standard InChI is InChI=1S/C27H26N2O4/c1-32-25(30)19-22(15-10-18-29-23-16-8-9-17-24(23)33-27(29)31)28-26(20-11-4-2-5-12-20)21-13-6-3-7-14-21/h2-9,11-14,16-17,22H,10,15,18-19H2,1H3. The number of carbonyl (C=O) groups excluding carboxylic acids is 1. The Morgan fingerprint density at radius 1 is 0.939 bits per heavy atom. The van der Waals surface area contributed by atoms with Gasteiger partial charge in [0.2, 0.25) is 0 Å². The van der Waals surface area contributed by atoms with Gasteiger partial charge in [0.15, 0.2) is 5.58 Å². The molecule has 33 heavy (non-hydrogen) atoms. The number of carbonyl (C=O) groups is 1. The highest BCUT2D eigenvalue weighted by Gasteiger charge is 2.17. The fraction of sp³-hybridized carbons (Fsp3) is 0.222. The minimum absolute atomic E-state index is 0.167. The van der Waals surface area contributed by atoms with Crippen molar-refractivity contribution in [2.45, 2.75) is 31.8 Å². The number of aliphatic imine (C=N–C) groups is 1. The molecule has 0 aliphatic heterocycles. The molecule has 1 unspecified atom stereocenters. The predicted octanol–water partition coefficient (Wildman–Crippen LogP) is 4.84. The molecule has 0 aliphatic carbocycles. The van der Waals surface area contributed by atoms with Crippen LogP contribution in [0, 0.1) is 0 Å². The summed E-state index contributed by atoms with van der Waals surface area (Å²) in [4.78, 5) is 29.4. The number of hydrogen-bond donors (Lipinski definition) is 0. The molecule has 0 saturated heterocycles. The summed E-state index contributed by atoms with van der Waals surface area (Å²) in [5.74, 6) is -0.686. The Kier molecular flexibility index (Phi) is 7.15. The van der Waals surface area contributed by atoms with E-state index in [1.807, 2.05) is 78.9 Å². The first-order valence-electron chi connectivity index (χ1n) is 11.0. The van der Waals surface area contributed by atoms with Gasteiger partial charge in [-0.2, -0.15) is 0 Å². The lowest BCUT2D eigenvalue weighted by molar-refractivity contribution is -0.141. The Hall–Kier alpha value is -3.93. The number of rotatable bonds is 9. The van der Waals surface area contributed by atoms with Crippen molar-refractivity contribution in [1.82, 2.24) is 4.57 Å². The molecule has 0 aliphatic rings. The van der Waals surface area contributed by atoms with Crippen LogP contribution < -0.4 is 5.76 Å². The van der Waals surface area contributed by atoms with Crippen LogP contribution in [-0.2, 0) is 16.1 Å². The number of oxazole rings is 1. The molecule has 1 atom stereocenters. The summed E-state index contributed by atoms with van der Waals surface area (Å²) in [5, 5.41) is 0. The van der Waals surface area contributed by atoms with Gasteiger partial charge in [-0.25, -0.2) is 4.79 Å². The zero-order valence-electron chi connectivity index (χ0n) is 18.5. The third-order valence-electron chi connectivity index (χ3n) is 5.53. The summed E-state index contributed by atoms with van der Waals surface area (Å²) < 4.78 is 11.9. The molecule has 4 aromatic rings. The number of para-hydroxylation sites is 2. The summed E-state index contributed by atoms with van der Waals surface area (Å²) >= 11 is 0. The second-order valence-electron chi connectivity index (χ2n) is 7.77. The number of ether oxygens (including phenoxy) is 1. The van der Waals surface area contributed by atoms with E-state index in [1.54, 1.807) is 10.6 Å². The number of esters is 1. The smallest absolute Gasteiger partial charge is 0.419 e. The molecule has 0 N–H and O–H groups in total. The number of aryl methyl sites for hydroxylation is 1. The number of hydrogen-bond acceptors (Lipinski definition) is 5. The van der Waals surface area contributed by atoms with Crippen molar-refractivity contribution < 1.29 is 13.9 Å². The van der Waals surface area contributed by atoms with Gasteiger partial charge in [-0.3, -0.25) is 14.4 Å². The summed E-state index contributed by atoms with van der Waals surface area (Å²) in [7, 11) is 1.38. The quantitative estimate of drug-likeness (QED) is 0.275. The van der Waals surface area contributed by atoms with Crippen molar-refractivity contribution in [3.05, 3.63) is 107 Å². The Balaban J connectivity index is 1.60. The van der Waals surface area contributed by atoms with Crippen LogP contribution in [0.1, 0.15) is 30.4 Å². The van der Waals surface area contributed by atoms with Gasteiger partial charge < -0.3 is 9.15 Å². The molecule has 6 heteroatoms. The number of benzene rings is 3. The lowest BCUT2D eigenvalue weighted by Crippen LogP contribution is -2.19. The SMILES string of the molecule is COC(=O)CC(CCCn1c(=O)oc2ccccc21)N=C(c1ccccc1)c1ccccc1. The highest BCUT2D eigenvalue weighted by atomic mass is 16.5. The predicted molar refractivity (Wildman–Crippen MR) is 129 cm³/mol. The molecule has 0 saturated carbocycles. The molecular formula is C27H26N2O4. The van der Waals surface area contributed by atoms with Gasteiger partial charge in [-0.15, -0.1) is 0 Å². The lowest BCUT2D eigenvalue weighted by Gasteiger charge is -2.15. The molecule has 0 spiro atoms. The molecule has 3 aromatic carbocycles. The van der Waals surface area contributed by atoms with Crippen LogP contribution in [0.5, 0.6) is 0 Å². The zero-order valence-corrected chi connectivity index (χ0v) is 18.5. The van der Waals surface area contributed by atoms with Crippen LogP contribution in [0.3, 0.4) is 0 Å². The first kappa shape index (κ1) is 22.3. The van der Waals surface area contributed by atoms with E-state index in [4.69, 9.17) is 14.1 Å². The Bertz CT molecular complexity index is 1250. The molecule has 0 fully saturated rings. The maximum atomic E-state index is 12.3. The van der Waals surface area contributed by atoms with E-state index in [2.05, 4.69) is 0 Å². The van der Waals surface area contributed by atoms with Gasteiger partial charge in [0.05, 0.1) is 30.8 Å². The van der Waals surface area contributed by atoms with Gasteiger partial charge >= 0.3 is 11.7 Å². The largest absolute Gasteiger partial charge is 0.469 e. The van der Waals surface area contributed by atoms with Crippen molar-refractivity contribution in [3.63, 3.8) is 0 Å². The van der Waals surface area contributed by atoms with Crippen molar-refractivity contribution in [3.8, 4) is 0 Å². The number of methoxy groups -OCH3 is 1. The van der Waals surface area contributed by atoms with E-state index >= 15 is 0 Å². The van der Waals surface area contributed by atoms with Crippen molar-refractivity contribution in [1.29, 1.82) is 0 Å². The van der Waals surface area contributed by atoms with Gasteiger partial charge in [-0.1, -0.05) is 72.8 Å². The minimum Gasteiger partial charge on any atom is -0.469 e. The molecule has 6 nitrogen and oxygen atoms in total. The molecule has 0 radical (unpaired) electrons. The first-order chi connectivity index (χ1) is 16.2. The van der Waals surface area contributed by atoms with Crippen molar-refractivity contribution in [2.24, 2.45) is 4.99 Å². The van der Waals surface area contributed by atoms with Gasteiger partial charge in [-0.05, 0) is 25.0 Å². The van der Waals surface area contributed by atoms with Gasteiger partial charge in [0.1, 0.15) is 0 Å². The number of fused-ring (bicyclic) bond motifs is 1. The first-order valence-corrected chi connectivity index (χ1v) is 11.0. The summed E-state index contributed by atoms with van der Waals surface area (Å²) in [6.45, 7) is 0.481. The summed E-state index contributed by atoms with van der Waals surface area (Å²) in [5.41, 5.74) is 4.13. The van der Waals surface area contributed by atoms with E-state index in [0.717, 1.165) is 22.4 Å². The Morgan fingerprint density at radius 3 is 2.18 bits per heavy atom. The fourth-order valence-electron chi connectivity index (χ4n) is 3.89. The third kappa shape index (κ3) is 5.47. The number of aromatic nitrogens is 1. The normalized spacial score (nSPS) is 11.8. The maximum Gasteiger partial charge on any atom is 0.419 e. The molecule has 4 rings (SSSR count). The average molecular weight is 443 g/mol. The van der Waals surface area contributed by atoms with E-state index in [9.17, 15) is 9.59 Å². The van der Waals surface area contributed by atoms with Gasteiger partial charge in [0.25, 0.3) is 0 Å². The van der Waals surface area contributed by atoms with E-state index < -0.39 is 0 Å². The highest BCUT2D eigenvalue weighted by Crippen LogP contribution is 2.18. The molecule has 1 heterocycles. The molecule has 0 amide bonds. The monoisotopic (exact) mass is 442 g/mol. The van der Waals surface area contributed by atoms with E-state index in [1.165, 1.54) is 7.11 Å².